The molecule has 41 heavy (non-hydrogen) atoms. The lowest BCUT2D eigenvalue weighted by Crippen LogP contribution is -2.32. The molecule has 0 bridgehead atoms. The molecule has 218 valence electrons. The number of ether oxygens (including phenoxy) is 1. The summed E-state index contributed by atoms with van der Waals surface area (Å²) in [5.41, 5.74) is 3.80. The van der Waals surface area contributed by atoms with Gasteiger partial charge in [0.05, 0.1) is 12.8 Å². The molecule has 3 aromatic rings. The van der Waals surface area contributed by atoms with Crippen LogP contribution in [0.1, 0.15) is 48.1 Å². The Hall–Kier alpha value is -3.84. The number of hydrazone groups is 1. The fourth-order valence-corrected chi connectivity index (χ4v) is 4.42. The molecular weight excluding hydrogens is 543 g/mol. The van der Waals surface area contributed by atoms with Crippen LogP contribution in [0.4, 0.5) is 14.5 Å². The van der Waals surface area contributed by atoms with Gasteiger partial charge in [0.2, 0.25) is 5.91 Å². The molecular formula is C31H38F2N5O2P. The fourth-order valence-electron chi connectivity index (χ4n) is 4.17. The number of amides is 1. The SMILES string of the molecule is C=C(c1ccnc(C)c1)N(CCCC(=O)N(C)C)/N=C(\C)N(Cc1ccc(OC)cc1)c1ccc(F)c(C(F)P)c1. The number of aromatic nitrogens is 1. The Bertz CT molecular complexity index is 1380. The van der Waals surface area contributed by atoms with Crippen molar-refractivity contribution in [3.05, 3.63) is 95.6 Å². The van der Waals surface area contributed by atoms with E-state index in [1.165, 1.54) is 12.1 Å². The number of carbonyl (C=O) groups excluding carboxylic acids is 1. The maximum atomic E-state index is 14.4. The van der Waals surface area contributed by atoms with Crippen LogP contribution in [-0.2, 0) is 11.3 Å². The minimum atomic E-state index is -1.56. The molecule has 1 aromatic heterocycles. The Balaban J connectivity index is 2.03. The predicted octanol–water partition coefficient (Wildman–Crippen LogP) is 6.56. The number of amidine groups is 1. The summed E-state index contributed by atoms with van der Waals surface area (Å²) in [6.45, 7) is 8.85. The third-order valence-electron chi connectivity index (χ3n) is 6.54. The summed E-state index contributed by atoms with van der Waals surface area (Å²) in [4.78, 5) is 20.0. The highest BCUT2D eigenvalue weighted by Crippen LogP contribution is 2.31. The van der Waals surface area contributed by atoms with Crippen LogP contribution in [0, 0.1) is 12.7 Å². The molecule has 0 saturated carbocycles. The van der Waals surface area contributed by atoms with Crippen LogP contribution < -0.4 is 9.64 Å². The largest absolute Gasteiger partial charge is 0.497 e. The number of benzene rings is 2. The molecule has 2 unspecified atom stereocenters. The van der Waals surface area contributed by atoms with Gasteiger partial charge < -0.3 is 14.5 Å². The monoisotopic (exact) mass is 581 g/mol. The van der Waals surface area contributed by atoms with Crippen molar-refractivity contribution >= 4 is 32.4 Å². The van der Waals surface area contributed by atoms with E-state index in [1.54, 1.807) is 43.4 Å². The van der Waals surface area contributed by atoms with Crippen molar-refractivity contribution < 1.29 is 18.3 Å². The van der Waals surface area contributed by atoms with Gasteiger partial charge in [-0.2, -0.15) is 5.10 Å². The first-order valence-corrected chi connectivity index (χ1v) is 13.9. The molecule has 0 radical (unpaired) electrons. The van der Waals surface area contributed by atoms with Gasteiger partial charge in [0.15, 0.2) is 0 Å². The maximum absolute atomic E-state index is 14.4. The first-order valence-electron chi connectivity index (χ1n) is 13.2. The van der Waals surface area contributed by atoms with Crippen molar-refractivity contribution in [1.29, 1.82) is 0 Å². The van der Waals surface area contributed by atoms with Crippen molar-refractivity contribution in [2.24, 2.45) is 5.10 Å². The molecule has 2 atom stereocenters. The Kier molecular flexibility index (Phi) is 11.4. The highest BCUT2D eigenvalue weighted by Gasteiger charge is 2.19. The zero-order chi connectivity index (χ0) is 30.1. The molecule has 0 fully saturated rings. The topological polar surface area (TPSA) is 61.3 Å². The van der Waals surface area contributed by atoms with Crippen LogP contribution in [0.15, 0.2) is 72.5 Å². The van der Waals surface area contributed by atoms with Crippen molar-refractivity contribution in [1.82, 2.24) is 14.9 Å². The lowest BCUT2D eigenvalue weighted by molar-refractivity contribution is -0.128. The van der Waals surface area contributed by atoms with Crippen molar-refractivity contribution in [2.45, 2.75) is 39.1 Å². The number of rotatable bonds is 12. The summed E-state index contributed by atoms with van der Waals surface area (Å²) >= 11 is 0. The number of alkyl halides is 1. The minimum Gasteiger partial charge on any atom is -0.497 e. The Morgan fingerprint density at radius 2 is 1.85 bits per heavy atom. The van der Waals surface area contributed by atoms with Crippen LogP contribution >= 0.6 is 9.24 Å². The van der Waals surface area contributed by atoms with Gasteiger partial charge in [0.1, 0.15) is 23.3 Å². The van der Waals surface area contributed by atoms with Gasteiger partial charge in [-0.1, -0.05) is 28.0 Å². The fraction of sp³-hybridized carbons (Fsp3) is 0.323. The van der Waals surface area contributed by atoms with E-state index in [1.807, 2.05) is 64.4 Å². The molecule has 3 rings (SSSR count). The van der Waals surface area contributed by atoms with E-state index in [-0.39, 0.29) is 11.5 Å². The molecule has 10 heteroatoms. The number of aryl methyl sites for hydroxylation is 1. The molecule has 7 nitrogen and oxygen atoms in total. The molecule has 0 aliphatic carbocycles. The summed E-state index contributed by atoms with van der Waals surface area (Å²) < 4.78 is 34.0. The van der Waals surface area contributed by atoms with Crippen LogP contribution in [0.5, 0.6) is 5.75 Å². The highest BCUT2D eigenvalue weighted by atomic mass is 31.0. The van der Waals surface area contributed by atoms with E-state index in [9.17, 15) is 13.6 Å². The summed E-state index contributed by atoms with van der Waals surface area (Å²) in [6.07, 6.45) is 2.61. The van der Waals surface area contributed by atoms with Crippen LogP contribution in [-0.4, -0.2) is 54.4 Å². The van der Waals surface area contributed by atoms with Gasteiger partial charge >= 0.3 is 0 Å². The van der Waals surface area contributed by atoms with E-state index in [0.717, 1.165) is 22.6 Å². The van der Waals surface area contributed by atoms with Crippen LogP contribution in [0.3, 0.4) is 0 Å². The number of halogens is 2. The summed E-state index contributed by atoms with van der Waals surface area (Å²) in [5, 5.41) is 6.71. The summed E-state index contributed by atoms with van der Waals surface area (Å²) in [6, 6.07) is 15.7. The standard InChI is InChI=1S/C31H38F2N5O2P/c1-21-18-25(15-16-34-21)22(2)38(17-7-8-30(39)36(4)5)35-23(3)37(20-24-9-12-27(40-6)13-10-24)26-11-14-29(32)28(19-26)31(33)41/h9-16,18-19,31H,2,7-8,17,20,41H2,1,3-6H3/b35-23+. The first kappa shape index (κ1) is 31.7. The molecule has 1 amide bonds. The number of anilines is 1. The molecule has 0 aliphatic rings. The van der Waals surface area contributed by atoms with Crippen LogP contribution in [0.2, 0.25) is 0 Å². The number of nitrogens with zero attached hydrogens (tertiary/aromatic N) is 5. The third-order valence-corrected chi connectivity index (χ3v) is 6.90. The van der Waals surface area contributed by atoms with E-state index < -0.39 is 11.7 Å². The van der Waals surface area contributed by atoms with E-state index in [0.29, 0.717) is 43.2 Å². The smallest absolute Gasteiger partial charge is 0.222 e. The Morgan fingerprint density at radius 3 is 2.46 bits per heavy atom. The number of carbonyl (C=O) groups is 1. The zero-order valence-corrected chi connectivity index (χ0v) is 25.4. The second-order valence-corrected chi connectivity index (χ2v) is 10.4. The normalized spacial score (nSPS) is 12.0. The second kappa shape index (κ2) is 14.7. The maximum Gasteiger partial charge on any atom is 0.222 e. The molecule has 2 aromatic carbocycles. The molecule has 0 saturated heterocycles. The number of methoxy groups -OCH3 is 1. The predicted molar refractivity (Wildman–Crippen MR) is 165 cm³/mol. The van der Waals surface area contributed by atoms with Gasteiger partial charge in [0, 0.05) is 62.3 Å². The van der Waals surface area contributed by atoms with E-state index in [4.69, 9.17) is 9.84 Å². The zero-order valence-electron chi connectivity index (χ0n) is 24.3. The molecule has 1 heterocycles. The Labute approximate surface area is 243 Å². The minimum absolute atomic E-state index is 0.0224. The van der Waals surface area contributed by atoms with Gasteiger partial charge in [0.25, 0.3) is 0 Å². The third kappa shape index (κ3) is 8.82. The van der Waals surface area contributed by atoms with Gasteiger partial charge in [-0.25, -0.2) is 8.78 Å². The van der Waals surface area contributed by atoms with E-state index >= 15 is 0 Å². The van der Waals surface area contributed by atoms with Crippen molar-refractivity contribution in [3.63, 3.8) is 0 Å². The quantitative estimate of drug-likeness (QED) is 0.105. The van der Waals surface area contributed by atoms with Gasteiger partial charge in [-0.05, 0) is 68.3 Å². The second-order valence-electron chi connectivity index (χ2n) is 9.84. The van der Waals surface area contributed by atoms with Crippen molar-refractivity contribution in [3.8, 4) is 5.75 Å². The summed E-state index contributed by atoms with van der Waals surface area (Å²) in [5.74, 6) is -0.864. The summed E-state index contributed by atoms with van der Waals surface area (Å²) in [7, 11) is 7.06. The molecule has 0 aliphatic heterocycles. The van der Waals surface area contributed by atoms with Gasteiger partial charge in [-0.3, -0.25) is 14.8 Å². The van der Waals surface area contributed by atoms with E-state index in [2.05, 4.69) is 11.6 Å². The lowest BCUT2D eigenvalue weighted by Gasteiger charge is -2.29. The number of hydrogen-bond acceptors (Lipinski definition) is 5. The number of hydrogen-bond donors (Lipinski definition) is 0. The lowest BCUT2D eigenvalue weighted by atomic mass is 10.1. The average Bonchev–Trinajstić information content (AvgIpc) is 2.95. The Morgan fingerprint density at radius 1 is 1.15 bits per heavy atom. The highest BCUT2D eigenvalue weighted by molar-refractivity contribution is 7.16. The molecule has 0 N–H and O–H groups in total. The number of pyridine rings is 1. The molecule has 0 spiro atoms. The van der Waals surface area contributed by atoms with Gasteiger partial charge in [-0.15, -0.1) is 0 Å². The first-order chi connectivity index (χ1) is 19.5. The van der Waals surface area contributed by atoms with Crippen molar-refractivity contribution in [2.75, 3.05) is 32.6 Å². The average molecular weight is 582 g/mol. The van der Waals surface area contributed by atoms with Crippen LogP contribution in [0.25, 0.3) is 5.70 Å².